The van der Waals surface area contributed by atoms with E-state index in [4.69, 9.17) is 11.6 Å². The third kappa shape index (κ3) is 5.54. The Morgan fingerprint density at radius 1 is 1.43 bits per heavy atom. The molecule has 1 heterocycles. The number of hydrogen-bond acceptors (Lipinski definition) is 2. The normalized spacial score (nSPS) is 21.2. The smallest absolute Gasteiger partial charge is 0.191 e. The first-order valence-electron chi connectivity index (χ1n) is 7.88. The molecule has 5 heteroatoms. The van der Waals surface area contributed by atoms with Crippen LogP contribution < -0.4 is 10.6 Å². The van der Waals surface area contributed by atoms with E-state index in [0.717, 1.165) is 37.0 Å². The second-order valence-corrected chi connectivity index (χ2v) is 5.92. The summed E-state index contributed by atoms with van der Waals surface area (Å²) in [5.41, 5.74) is 1.16. The molecule has 2 N–H and O–H groups in total. The van der Waals surface area contributed by atoms with Gasteiger partial charge < -0.3 is 10.6 Å². The number of nitrogens with one attached hydrogen (secondary N) is 2. The lowest BCUT2D eigenvalue weighted by molar-refractivity contribution is 0.655. The molecule has 1 aromatic rings. The molecule has 0 aromatic carbocycles. The van der Waals surface area contributed by atoms with Crippen molar-refractivity contribution in [3.05, 3.63) is 29.0 Å². The van der Waals surface area contributed by atoms with Crippen LogP contribution in [0.5, 0.6) is 0 Å². The number of hydrogen-bond donors (Lipinski definition) is 2. The summed E-state index contributed by atoms with van der Waals surface area (Å²) in [5, 5.41) is 7.37. The van der Waals surface area contributed by atoms with E-state index in [1.54, 1.807) is 0 Å². The van der Waals surface area contributed by atoms with Gasteiger partial charge in [0.1, 0.15) is 5.15 Å². The summed E-state index contributed by atoms with van der Waals surface area (Å²) < 4.78 is 0. The molecule has 0 spiro atoms. The van der Waals surface area contributed by atoms with Crippen LogP contribution in [0.25, 0.3) is 0 Å². The third-order valence-electron chi connectivity index (χ3n) is 3.71. The lowest BCUT2D eigenvalue weighted by Gasteiger charge is -2.11. The van der Waals surface area contributed by atoms with Gasteiger partial charge in [-0.15, -0.1) is 0 Å². The number of aromatic nitrogens is 1. The highest BCUT2D eigenvalue weighted by molar-refractivity contribution is 6.29. The summed E-state index contributed by atoms with van der Waals surface area (Å²) in [5.74, 6) is 1.77. The Labute approximate surface area is 132 Å². The minimum Gasteiger partial charge on any atom is -0.357 e. The summed E-state index contributed by atoms with van der Waals surface area (Å²) in [6, 6.07) is 4.44. The Morgan fingerprint density at radius 3 is 2.95 bits per heavy atom. The Morgan fingerprint density at radius 2 is 2.29 bits per heavy atom. The van der Waals surface area contributed by atoms with Crippen molar-refractivity contribution in [1.29, 1.82) is 0 Å². The maximum absolute atomic E-state index is 5.78. The zero-order valence-electron chi connectivity index (χ0n) is 12.9. The maximum Gasteiger partial charge on any atom is 0.191 e. The number of aliphatic imine (C=N–C) groups is 1. The van der Waals surface area contributed by atoms with Crippen molar-refractivity contribution in [3.63, 3.8) is 0 Å². The number of halogens is 1. The minimum atomic E-state index is 0.535. The van der Waals surface area contributed by atoms with Crippen molar-refractivity contribution in [2.75, 3.05) is 13.1 Å². The quantitative estimate of drug-likeness (QED) is 0.462. The molecule has 1 aliphatic rings. The summed E-state index contributed by atoms with van der Waals surface area (Å²) in [4.78, 5) is 8.73. The van der Waals surface area contributed by atoms with E-state index in [2.05, 4.69) is 34.5 Å². The minimum absolute atomic E-state index is 0.535. The highest BCUT2D eigenvalue weighted by Gasteiger charge is 2.36. The van der Waals surface area contributed by atoms with Gasteiger partial charge in [0.05, 0.1) is 0 Å². The average Bonchev–Trinajstić information content (AvgIpc) is 3.19. The van der Waals surface area contributed by atoms with E-state index in [9.17, 15) is 0 Å². The summed E-state index contributed by atoms with van der Waals surface area (Å²) in [7, 11) is 0. The Bertz CT molecular complexity index is 458. The molecule has 4 nitrogen and oxygen atoms in total. The van der Waals surface area contributed by atoms with Crippen LogP contribution in [0, 0.1) is 5.92 Å². The number of nitrogens with zero attached hydrogens (tertiary/aromatic N) is 2. The average molecular weight is 309 g/mol. The van der Waals surface area contributed by atoms with E-state index in [1.807, 2.05) is 18.3 Å². The van der Waals surface area contributed by atoms with Crippen LogP contribution in [-0.4, -0.2) is 30.1 Å². The van der Waals surface area contributed by atoms with Crippen LogP contribution in [0.15, 0.2) is 23.3 Å². The molecule has 116 valence electrons. The molecule has 2 unspecified atom stereocenters. The van der Waals surface area contributed by atoms with Crippen LogP contribution in [0.3, 0.4) is 0 Å². The van der Waals surface area contributed by atoms with Gasteiger partial charge in [0, 0.05) is 25.3 Å². The van der Waals surface area contributed by atoms with Crippen molar-refractivity contribution in [3.8, 4) is 0 Å². The third-order valence-corrected chi connectivity index (χ3v) is 3.93. The second-order valence-electron chi connectivity index (χ2n) is 5.54. The fourth-order valence-electron chi connectivity index (χ4n) is 2.46. The topological polar surface area (TPSA) is 49.3 Å². The van der Waals surface area contributed by atoms with E-state index < -0.39 is 0 Å². The van der Waals surface area contributed by atoms with Crippen LogP contribution >= 0.6 is 11.6 Å². The largest absolute Gasteiger partial charge is 0.357 e. The predicted molar refractivity (Wildman–Crippen MR) is 88.9 cm³/mol. The molecule has 0 amide bonds. The number of pyridine rings is 1. The van der Waals surface area contributed by atoms with Gasteiger partial charge in [-0.3, -0.25) is 4.99 Å². The van der Waals surface area contributed by atoms with E-state index in [0.29, 0.717) is 11.2 Å². The summed E-state index contributed by atoms with van der Waals surface area (Å²) >= 11 is 5.78. The van der Waals surface area contributed by atoms with Gasteiger partial charge in [0.2, 0.25) is 0 Å². The lowest BCUT2D eigenvalue weighted by atomic mass is 10.2. The molecule has 0 radical (unpaired) electrons. The maximum atomic E-state index is 5.78. The van der Waals surface area contributed by atoms with Gasteiger partial charge in [-0.1, -0.05) is 31.0 Å². The SMILES string of the molecule is CCCC1CC1NC(=NCCc1ccc(Cl)nc1)NCC. The van der Waals surface area contributed by atoms with E-state index >= 15 is 0 Å². The van der Waals surface area contributed by atoms with Crippen LogP contribution in [0.1, 0.15) is 38.7 Å². The zero-order chi connectivity index (χ0) is 15.1. The molecule has 1 aliphatic carbocycles. The zero-order valence-corrected chi connectivity index (χ0v) is 13.7. The van der Waals surface area contributed by atoms with E-state index in [-0.39, 0.29) is 0 Å². The Hall–Kier alpha value is -1.29. The molecule has 2 atom stereocenters. The van der Waals surface area contributed by atoms with E-state index in [1.165, 1.54) is 19.3 Å². The van der Waals surface area contributed by atoms with Gasteiger partial charge in [-0.2, -0.15) is 0 Å². The van der Waals surface area contributed by atoms with Crippen LogP contribution in [0.4, 0.5) is 0 Å². The molecule has 21 heavy (non-hydrogen) atoms. The standard InChI is InChI=1S/C16H25ClN4/c1-3-5-13-10-14(13)21-16(18-4-2)19-9-8-12-6-7-15(17)20-11-12/h6-7,11,13-14H,3-5,8-10H2,1-2H3,(H2,18,19,21). The molecule has 1 saturated carbocycles. The Kier molecular flexibility index (Phi) is 6.30. The number of guanidine groups is 1. The van der Waals surface area contributed by atoms with Crippen molar-refractivity contribution in [2.45, 2.75) is 45.6 Å². The summed E-state index contributed by atoms with van der Waals surface area (Å²) in [6.07, 6.45) is 6.55. The molecule has 0 aliphatic heterocycles. The highest BCUT2D eigenvalue weighted by Crippen LogP contribution is 2.34. The molecule has 0 bridgehead atoms. The first kappa shape index (κ1) is 16.1. The van der Waals surface area contributed by atoms with Gasteiger partial charge >= 0.3 is 0 Å². The summed E-state index contributed by atoms with van der Waals surface area (Å²) in [6.45, 7) is 5.98. The second kappa shape index (κ2) is 8.23. The molecule has 0 saturated heterocycles. The Balaban J connectivity index is 1.79. The van der Waals surface area contributed by atoms with Crippen molar-refractivity contribution in [1.82, 2.24) is 15.6 Å². The van der Waals surface area contributed by atoms with Crippen molar-refractivity contribution in [2.24, 2.45) is 10.9 Å². The molecular formula is C16H25ClN4. The molecule has 1 aromatic heterocycles. The molecular weight excluding hydrogens is 284 g/mol. The lowest BCUT2D eigenvalue weighted by Crippen LogP contribution is -2.39. The van der Waals surface area contributed by atoms with Crippen LogP contribution in [0.2, 0.25) is 5.15 Å². The monoisotopic (exact) mass is 308 g/mol. The first-order chi connectivity index (χ1) is 10.2. The van der Waals surface area contributed by atoms with Gasteiger partial charge in [0.25, 0.3) is 0 Å². The molecule has 2 rings (SSSR count). The van der Waals surface area contributed by atoms with Gasteiger partial charge in [-0.05, 0) is 43.7 Å². The van der Waals surface area contributed by atoms with Gasteiger partial charge in [0.15, 0.2) is 5.96 Å². The van der Waals surface area contributed by atoms with Crippen molar-refractivity contribution < 1.29 is 0 Å². The van der Waals surface area contributed by atoms with Crippen molar-refractivity contribution >= 4 is 17.6 Å². The molecule has 1 fully saturated rings. The highest BCUT2D eigenvalue weighted by atomic mass is 35.5. The number of rotatable bonds is 7. The van der Waals surface area contributed by atoms with Crippen LogP contribution in [-0.2, 0) is 6.42 Å². The first-order valence-corrected chi connectivity index (χ1v) is 8.26. The fourth-order valence-corrected chi connectivity index (χ4v) is 2.57. The van der Waals surface area contributed by atoms with Gasteiger partial charge in [-0.25, -0.2) is 4.98 Å². The predicted octanol–water partition coefficient (Wildman–Crippen LogP) is 3.02. The fraction of sp³-hybridized carbons (Fsp3) is 0.625.